The molecule has 27 heavy (non-hydrogen) atoms. The van der Waals surface area contributed by atoms with Crippen LogP contribution in [0.4, 0.5) is 23.7 Å². The maximum absolute atomic E-state index is 11.9. The van der Waals surface area contributed by atoms with Crippen LogP contribution < -0.4 is 15.4 Å². The van der Waals surface area contributed by atoms with Crippen LogP contribution >= 0.6 is 11.6 Å². The summed E-state index contributed by atoms with van der Waals surface area (Å²) < 4.78 is 45.4. The monoisotopic (exact) mass is 402 g/mol. The molecule has 0 bridgehead atoms. The molecule has 0 aliphatic carbocycles. The van der Waals surface area contributed by atoms with Crippen LogP contribution in [0.15, 0.2) is 48.5 Å². The fourth-order valence-electron chi connectivity index (χ4n) is 1.85. The van der Waals surface area contributed by atoms with E-state index >= 15 is 0 Å². The maximum Gasteiger partial charge on any atom is 0.422 e. The van der Waals surface area contributed by atoms with Crippen molar-refractivity contribution in [2.24, 2.45) is 0 Å². The normalized spacial score (nSPS) is 10.8. The number of carbonyl (C=O) groups is 2. The Balaban J connectivity index is 1.92. The first-order valence-corrected chi connectivity index (χ1v) is 7.91. The second-order valence-corrected chi connectivity index (χ2v) is 5.53. The third-order valence-corrected chi connectivity index (χ3v) is 3.29. The van der Waals surface area contributed by atoms with Crippen LogP contribution in [0.1, 0.15) is 0 Å². The number of halogens is 4. The van der Waals surface area contributed by atoms with Gasteiger partial charge in [0.15, 0.2) is 12.4 Å². The summed E-state index contributed by atoms with van der Waals surface area (Å²) in [5, 5.41) is 4.77. The number of hydrogen-bond donors (Lipinski definition) is 2. The van der Waals surface area contributed by atoms with E-state index in [4.69, 9.17) is 16.3 Å². The van der Waals surface area contributed by atoms with Crippen LogP contribution in [0, 0.1) is 0 Å². The van der Waals surface area contributed by atoms with E-state index in [1.54, 1.807) is 48.5 Å². The molecule has 0 heterocycles. The molecule has 6 nitrogen and oxygen atoms in total. The summed E-state index contributed by atoms with van der Waals surface area (Å²) in [5.74, 6) is -0.0255. The lowest BCUT2D eigenvalue weighted by Gasteiger charge is -2.13. The van der Waals surface area contributed by atoms with Gasteiger partial charge in [0, 0.05) is 0 Å². The quantitative estimate of drug-likeness (QED) is 0.752. The number of nitrogens with one attached hydrogen (secondary N) is 2. The molecule has 0 saturated carbocycles. The number of anilines is 1. The molecule has 0 spiro atoms. The van der Waals surface area contributed by atoms with Crippen molar-refractivity contribution in [3.63, 3.8) is 0 Å². The first-order valence-electron chi connectivity index (χ1n) is 7.53. The smallest absolute Gasteiger partial charge is 0.422 e. The zero-order valence-corrected chi connectivity index (χ0v) is 14.4. The van der Waals surface area contributed by atoms with Gasteiger partial charge in [0.2, 0.25) is 5.91 Å². The van der Waals surface area contributed by atoms with E-state index < -0.39 is 31.3 Å². The van der Waals surface area contributed by atoms with Crippen molar-refractivity contribution < 1.29 is 32.2 Å². The van der Waals surface area contributed by atoms with Gasteiger partial charge in [0.05, 0.1) is 10.7 Å². The Hall–Kier alpha value is -2.94. The molecule has 0 saturated heterocycles. The van der Waals surface area contributed by atoms with Crippen molar-refractivity contribution in [1.82, 2.24) is 5.32 Å². The third-order valence-electron chi connectivity index (χ3n) is 2.98. The van der Waals surface area contributed by atoms with Crippen molar-refractivity contribution in [2.75, 3.05) is 18.5 Å². The highest BCUT2D eigenvalue weighted by Crippen LogP contribution is 2.33. The number of carbonyl (C=O) groups excluding carboxylic acids is 2. The summed E-state index contributed by atoms with van der Waals surface area (Å²) in [7, 11) is 0. The van der Waals surface area contributed by atoms with Gasteiger partial charge in [-0.2, -0.15) is 13.2 Å². The summed E-state index contributed by atoms with van der Waals surface area (Å²) in [6.45, 7) is -2.33. The number of alkyl carbamates (subject to hydrolysis) is 1. The minimum Gasteiger partial charge on any atom is -0.454 e. The number of benzene rings is 2. The minimum atomic E-state index is -4.64. The predicted octanol–water partition coefficient (Wildman–Crippen LogP) is 4.36. The lowest BCUT2D eigenvalue weighted by atomic mass is 10.3. The van der Waals surface area contributed by atoms with Gasteiger partial charge in [-0.3, -0.25) is 4.79 Å². The second-order valence-electron chi connectivity index (χ2n) is 5.12. The highest BCUT2D eigenvalue weighted by Gasteiger charge is 2.29. The second kappa shape index (κ2) is 9.13. The number of rotatable bonds is 6. The molecule has 2 amide bonds. The van der Waals surface area contributed by atoms with Crippen LogP contribution in [0.5, 0.6) is 11.5 Å². The molecular weight excluding hydrogens is 389 g/mol. The highest BCUT2D eigenvalue weighted by molar-refractivity contribution is 6.32. The molecule has 0 unspecified atom stereocenters. The van der Waals surface area contributed by atoms with Gasteiger partial charge in [0.25, 0.3) is 0 Å². The summed E-state index contributed by atoms with van der Waals surface area (Å²) >= 11 is 6.02. The molecule has 144 valence electrons. The van der Waals surface area contributed by atoms with E-state index in [2.05, 4.69) is 10.1 Å². The van der Waals surface area contributed by atoms with Crippen molar-refractivity contribution in [3.05, 3.63) is 53.6 Å². The Morgan fingerprint density at radius 1 is 1.00 bits per heavy atom. The lowest BCUT2D eigenvalue weighted by molar-refractivity contribution is -0.160. The zero-order valence-electron chi connectivity index (χ0n) is 13.7. The van der Waals surface area contributed by atoms with Gasteiger partial charge < -0.3 is 20.1 Å². The summed E-state index contributed by atoms with van der Waals surface area (Å²) in [6.07, 6.45) is -6.00. The minimum absolute atomic E-state index is 0.285. The maximum atomic E-state index is 11.9. The van der Waals surface area contributed by atoms with Crippen LogP contribution in [0.25, 0.3) is 0 Å². The van der Waals surface area contributed by atoms with Crippen LogP contribution in [-0.4, -0.2) is 31.3 Å². The average molecular weight is 403 g/mol. The number of para-hydroxylation sites is 3. The molecule has 2 rings (SSSR count). The van der Waals surface area contributed by atoms with Gasteiger partial charge in [0.1, 0.15) is 12.3 Å². The molecule has 0 aromatic heterocycles. The van der Waals surface area contributed by atoms with Crippen molar-refractivity contribution >= 4 is 29.3 Å². The number of amides is 2. The highest BCUT2D eigenvalue weighted by atomic mass is 35.5. The van der Waals surface area contributed by atoms with E-state index in [0.717, 1.165) is 0 Å². The van der Waals surface area contributed by atoms with Gasteiger partial charge in [-0.25, -0.2) is 4.79 Å². The van der Waals surface area contributed by atoms with Crippen LogP contribution in [0.3, 0.4) is 0 Å². The van der Waals surface area contributed by atoms with Crippen molar-refractivity contribution in [1.29, 1.82) is 0 Å². The molecule has 0 radical (unpaired) electrons. The van der Waals surface area contributed by atoms with E-state index in [9.17, 15) is 22.8 Å². The average Bonchev–Trinajstić information content (AvgIpc) is 2.61. The largest absolute Gasteiger partial charge is 0.454 e. The predicted molar refractivity (Wildman–Crippen MR) is 92.0 cm³/mol. The Labute approximate surface area is 157 Å². The van der Waals surface area contributed by atoms with Crippen molar-refractivity contribution in [3.8, 4) is 11.5 Å². The van der Waals surface area contributed by atoms with Gasteiger partial charge in [-0.05, 0) is 24.3 Å². The van der Waals surface area contributed by atoms with Gasteiger partial charge in [-0.1, -0.05) is 35.9 Å². The Bertz CT molecular complexity index is 815. The first-order chi connectivity index (χ1) is 12.7. The Kier molecular flexibility index (Phi) is 6.89. The summed E-state index contributed by atoms with van der Waals surface area (Å²) in [6, 6.07) is 13.2. The molecule has 0 fully saturated rings. The standard InChI is InChI=1S/C17H14ClF3N2O4/c18-11-5-1-3-7-13(11)27-14-8-4-2-6-12(14)23-15(24)9-22-16(25)26-10-17(19,20)21/h1-8H,9-10H2,(H,22,25)(H,23,24). The van der Waals surface area contributed by atoms with E-state index in [1.807, 2.05) is 5.32 Å². The van der Waals surface area contributed by atoms with Gasteiger partial charge >= 0.3 is 12.3 Å². The molecule has 0 aliphatic rings. The third kappa shape index (κ3) is 7.06. The molecule has 2 aromatic rings. The molecule has 2 aromatic carbocycles. The Morgan fingerprint density at radius 3 is 2.30 bits per heavy atom. The summed E-state index contributed by atoms with van der Waals surface area (Å²) in [5.41, 5.74) is 0.285. The molecule has 10 heteroatoms. The van der Waals surface area contributed by atoms with Gasteiger partial charge in [-0.15, -0.1) is 0 Å². The van der Waals surface area contributed by atoms with Crippen LogP contribution in [0.2, 0.25) is 5.02 Å². The SMILES string of the molecule is O=C(CNC(=O)OCC(F)(F)F)Nc1ccccc1Oc1ccccc1Cl. The topological polar surface area (TPSA) is 76.7 Å². The number of ether oxygens (including phenoxy) is 2. The number of alkyl halides is 3. The zero-order chi connectivity index (χ0) is 19.9. The van der Waals surface area contributed by atoms with E-state index in [0.29, 0.717) is 16.5 Å². The number of hydrogen-bond acceptors (Lipinski definition) is 4. The van der Waals surface area contributed by atoms with Crippen LogP contribution in [-0.2, 0) is 9.53 Å². The molecular formula is C17H14ClF3N2O4. The van der Waals surface area contributed by atoms with E-state index in [-0.39, 0.29) is 5.69 Å². The molecule has 0 aliphatic heterocycles. The van der Waals surface area contributed by atoms with E-state index in [1.165, 1.54) is 0 Å². The fourth-order valence-corrected chi connectivity index (χ4v) is 2.02. The summed E-state index contributed by atoms with van der Waals surface area (Å²) in [4.78, 5) is 23.0. The lowest BCUT2D eigenvalue weighted by Crippen LogP contribution is -2.35. The van der Waals surface area contributed by atoms with Crippen molar-refractivity contribution in [2.45, 2.75) is 6.18 Å². The first kappa shape index (κ1) is 20.4. The Morgan fingerprint density at radius 2 is 1.63 bits per heavy atom. The molecule has 2 N–H and O–H groups in total. The molecule has 0 atom stereocenters. The fraction of sp³-hybridized carbons (Fsp3) is 0.176.